The van der Waals surface area contributed by atoms with Gasteiger partial charge < -0.3 is 0 Å². The van der Waals surface area contributed by atoms with Gasteiger partial charge in [0, 0.05) is 18.3 Å². The SMILES string of the molecule is CSOS(=O)SC. The first kappa shape index (κ1) is 7.81. The van der Waals surface area contributed by atoms with Gasteiger partial charge in [0.05, 0.1) is 0 Å². The molecule has 2 nitrogen and oxygen atoms in total. The monoisotopic (exact) mass is 158 g/mol. The molecule has 0 aliphatic carbocycles. The molecule has 0 bridgehead atoms. The lowest BCUT2D eigenvalue weighted by Gasteiger charge is -1.89. The minimum absolute atomic E-state index is 1.11. The van der Waals surface area contributed by atoms with Crippen LogP contribution in [0, 0.1) is 0 Å². The van der Waals surface area contributed by atoms with Crippen molar-refractivity contribution in [2.75, 3.05) is 12.5 Å². The molecule has 0 heterocycles. The molecule has 7 heavy (non-hydrogen) atoms. The van der Waals surface area contributed by atoms with Crippen molar-refractivity contribution in [3.05, 3.63) is 0 Å². The van der Waals surface area contributed by atoms with E-state index >= 15 is 0 Å². The van der Waals surface area contributed by atoms with Crippen LogP contribution < -0.4 is 0 Å². The Labute approximate surface area is 53.7 Å². The third kappa shape index (κ3) is 4.67. The van der Waals surface area contributed by atoms with Crippen LogP contribution in [0.5, 0.6) is 0 Å². The summed E-state index contributed by atoms with van der Waals surface area (Å²) in [6.07, 6.45) is 3.46. The van der Waals surface area contributed by atoms with Crippen LogP contribution in [0.2, 0.25) is 0 Å². The van der Waals surface area contributed by atoms with Crippen molar-refractivity contribution < 1.29 is 7.84 Å². The number of hydrogen-bond donors (Lipinski definition) is 0. The summed E-state index contributed by atoms with van der Waals surface area (Å²) < 4.78 is 14.8. The Morgan fingerprint density at radius 3 is 2.29 bits per heavy atom. The Hall–Kier alpha value is 0.810. The second-order valence-corrected chi connectivity index (χ2v) is 4.04. The van der Waals surface area contributed by atoms with Crippen LogP contribution in [0.25, 0.3) is 0 Å². The predicted octanol–water partition coefficient (Wildman–Crippen LogP) is 1.22. The van der Waals surface area contributed by atoms with E-state index in [0.29, 0.717) is 0 Å². The van der Waals surface area contributed by atoms with Crippen LogP contribution in [0.4, 0.5) is 0 Å². The quantitative estimate of drug-likeness (QED) is 0.456. The Morgan fingerprint density at radius 1 is 1.57 bits per heavy atom. The van der Waals surface area contributed by atoms with Crippen LogP contribution >= 0.6 is 22.8 Å². The lowest BCUT2D eigenvalue weighted by Crippen LogP contribution is -1.78. The van der Waals surface area contributed by atoms with Crippen LogP contribution in [-0.2, 0) is 13.7 Å². The lowest BCUT2D eigenvalue weighted by molar-refractivity contribution is 0.627. The topological polar surface area (TPSA) is 26.3 Å². The molecule has 0 aliphatic heterocycles. The minimum atomic E-state index is -1.15. The van der Waals surface area contributed by atoms with Crippen LogP contribution in [0.3, 0.4) is 0 Å². The van der Waals surface area contributed by atoms with Gasteiger partial charge in [0.15, 0.2) is 0 Å². The van der Waals surface area contributed by atoms with Crippen molar-refractivity contribution in [1.29, 1.82) is 0 Å². The average molecular weight is 158 g/mol. The molecule has 5 heteroatoms. The maximum Gasteiger partial charge on any atom is 0.230 e. The van der Waals surface area contributed by atoms with Crippen molar-refractivity contribution in [2.24, 2.45) is 0 Å². The number of hydrogen-bond acceptors (Lipinski definition) is 4. The summed E-state index contributed by atoms with van der Waals surface area (Å²) >= 11 is 1.11. The first-order valence-electron chi connectivity index (χ1n) is 1.48. The molecule has 44 valence electrons. The summed E-state index contributed by atoms with van der Waals surface area (Å²) in [5, 5.41) is 0. The molecule has 0 amide bonds. The number of rotatable bonds is 3. The molecular weight excluding hydrogens is 152 g/mol. The molecule has 0 radical (unpaired) electrons. The molecule has 0 aliphatic rings. The minimum Gasteiger partial charge on any atom is -0.216 e. The first-order chi connectivity index (χ1) is 3.31. The maximum absolute atomic E-state index is 10.2. The van der Waals surface area contributed by atoms with Crippen molar-refractivity contribution in [3.63, 3.8) is 0 Å². The van der Waals surface area contributed by atoms with Gasteiger partial charge in [-0.1, -0.05) is 0 Å². The van der Waals surface area contributed by atoms with Crippen LogP contribution in [0.15, 0.2) is 0 Å². The highest BCUT2D eigenvalue weighted by Crippen LogP contribution is 2.08. The molecule has 0 saturated heterocycles. The molecule has 0 spiro atoms. The zero-order valence-electron chi connectivity index (χ0n) is 4.04. The summed E-state index contributed by atoms with van der Waals surface area (Å²) in [5.41, 5.74) is 0. The molecule has 0 fully saturated rings. The molecular formula is C2H6O2S3. The molecule has 1 atom stereocenters. The Kier molecular flexibility index (Phi) is 5.53. The van der Waals surface area contributed by atoms with Gasteiger partial charge in [0.1, 0.15) is 0 Å². The summed E-state index contributed by atoms with van der Waals surface area (Å²) in [6.45, 7) is 0. The lowest BCUT2D eigenvalue weighted by atomic mass is 12.0. The molecule has 0 aromatic heterocycles. The van der Waals surface area contributed by atoms with E-state index in [1.807, 2.05) is 0 Å². The third-order valence-electron chi connectivity index (χ3n) is 0.260. The van der Waals surface area contributed by atoms with E-state index in [4.69, 9.17) is 0 Å². The highest BCUT2D eigenvalue weighted by molar-refractivity contribution is 8.68. The van der Waals surface area contributed by atoms with E-state index < -0.39 is 10.1 Å². The zero-order chi connectivity index (χ0) is 5.70. The molecule has 1 unspecified atom stereocenters. The smallest absolute Gasteiger partial charge is 0.216 e. The molecule has 0 N–H and O–H groups in total. The van der Waals surface area contributed by atoms with Crippen molar-refractivity contribution in [1.82, 2.24) is 0 Å². The normalized spacial score (nSPS) is 14.0. The zero-order valence-corrected chi connectivity index (χ0v) is 6.49. The van der Waals surface area contributed by atoms with Gasteiger partial charge in [0.25, 0.3) is 0 Å². The van der Waals surface area contributed by atoms with Crippen molar-refractivity contribution in [2.45, 2.75) is 0 Å². The van der Waals surface area contributed by atoms with E-state index in [9.17, 15) is 4.21 Å². The highest BCUT2D eigenvalue weighted by atomic mass is 33.1. The summed E-state index contributed by atoms with van der Waals surface area (Å²) in [7, 11) is 0.0311. The van der Waals surface area contributed by atoms with Gasteiger partial charge in [0.2, 0.25) is 10.1 Å². The molecule has 0 aromatic carbocycles. The van der Waals surface area contributed by atoms with E-state index in [1.165, 1.54) is 10.8 Å². The van der Waals surface area contributed by atoms with Gasteiger partial charge in [-0.3, -0.25) is 0 Å². The van der Waals surface area contributed by atoms with Crippen LogP contribution in [-0.4, -0.2) is 16.7 Å². The predicted molar refractivity (Wildman–Crippen MR) is 36.3 cm³/mol. The average Bonchev–Trinajstić information content (AvgIpc) is 1.68. The Bertz CT molecular complexity index is 64.0. The van der Waals surface area contributed by atoms with Gasteiger partial charge in [-0.15, -0.1) is 0 Å². The van der Waals surface area contributed by atoms with E-state index in [2.05, 4.69) is 3.63 Å². The van der Waals surface area contributed by atoms with E-state index in [0.717, 1.165) is 12.0 Å². The maximum atomic E-state index is 10.2. The van der Waals surface area contributed by atoms with Crippen LogP contribution in [0.1, 0.15) is 0 Å². The largest absolute Gasteiger partial charge is 0.230 e. The second-order valence-electron chi connectivity index (χ2n) is 0.605. The first-order valence-corrected chi connectivity index (χ1v) is 5.45. The fourth-order valence-electron chi connectivity index (χ4n) is 0.0833. The fraction of sp³-hybridized carbons (Fsp3) is 1.00. The van der Waals surface area contributed by atoms with Gasteiger partial charge >= 0.3 is 0 Å². The summed E-state index contributed by atoms with van der Waals surface area (Å²) in [6, 6.07) is 0. The standard InChI is InChI=1S/C2H6O2S3/c1-5-4-7(3)6-2/h1-2H3. The highest BCUT2D eigenvalue weighted by Gasteiger charge is 1.90. The van der Waals surface area contributed by atoms with Crippen molar-refractivity contribution in [3.8, 4) is 0 Å². The van der Waals surface area contributed by atoms with Gasteiger partial charge in [-0.05, 0) is 17.0 Å². The molecule has 0 saturated carbocycles. The van der Waals surface area contributed by atoms with Crippen molar-refractivity contribution >= 4 is 32.9 Å². The Morgan fingerprint density at radius 2 is 2.14 bits per heavy atom. The summed E-state index contributed by atoms with van der Waals surface area (Å²) in [4.78, 5) is 0. The second kappa shape index (κ2) is 4.96. The van der Waals surface area contributed by atoms with E-state index in [1.54, 1.807) is 12.5 Å². The summed E-state index contributed by atoms with van der Waals surface area (Å²) in [5.74, 6) is 0. The molecule has 0 aromatic rings. The fourth-order valence-corrected chi connectivity index (χ4v) is 1.75. The van der Waals surface area contributed by atoms with E-state index in [-0.39, 0.29) is 0 Å². The molecule has 0 rings (SSSR count). The van der Waals surface area contributed by atoms with Gasteiger partial charge in [-0.2, -0.15) is 0 Å². The van der Waals surface area contributed by atoms with Gasteiger partial charge in [-0.25, -0.2) is 7.84 Å². The Balaban J connectivity index is 3.00. The third-order valence-corrected chi connectivity index (χ3v) is 2.84.